The number of thiazole rings is 1. The van der Waals surface area contributed by atoms with Gasteiger partial charge in [0.25, 0.3) is 5.56 Å². The highest BCUT2D eigenvalue weighted by Gasteiger charge is 2.24. The van der Waals surface area contributed by atoms with Crippen LogP contribution in [-0.2, 0) is 25.9 Å². The van der Waals surface area contributed by atoms with Crippen LogP contribution >= 0.6 is 11.3 Å². The van der Waals surface area contributed by atoms with E-state index in [9.17, 15) is 18.0 Å². The lowest BCUT2D eigenvalue weighted by atomic mass is 10.3. The van der Waals surface area contributed by atoms with E-state index in [2.05, 4.69) is 14.9 Å². The third-order valence-electron chi connectivity index (χ3n) is 5.87. The van der Waals surface area contributed by atoms with Crippen LogP contribution in [0.5, 0.6) is 0 Å². The predicted molar refractivity (Wildman–Crippen MR) is 130 cm³/mol. The smallest absolute Gasteiger partial charge is 0.256 e. The Kier molecular flexibility index (Phi) is 7.12. The van der Waals surface area contributed by atoms with E-state index in [1.807, 2.05) is 0 Å². The number of sulfone groups is 1. The molecule has 1 saturated heterocycles. The molecule has 0 N–H and O–H groups in total. The lowest BCUT2D eigenvalue weighted by molar-refractivity contribution is -0.119. The fraction of sp³-hybridized carbons (Fsp3) is 0.455. The molecule has 3 heterocycles. The molecule has 0 atom stereocenters. The number of fused-ring (bicyclic) bond motifs is 1. The number of para-hydroxylation sites is 1. The van der Waals surface area contributed by atoms with Crippen molar-refractivity contribution in [2.24, 2.45) is 0 Å². The molecule has 4 rings (SSSR count). The SMILES string of the molecule is Cc1ncn(CC(=O)N(CCN2CCOCC2)c2nc3c(S(C)(=O)=O)cccc3s2)c(=O)c1C. The van der Waals surface area contributed by atoms with Crippen LogP contribution < -0.4 is 10.5 Å². The molecule has 182 valence electrons. The summed E-state index contributed by atoms with van der Waals surface area (Å²) in [6.45, 7) is 6.99. The molecule has 34 heavy (non-hydrogen) atoms. The molecule has 0 bridgehead atoms. The van der Waals surface area contributed by atoms with Crippen molar-refractivity contribution in [1.29, 1.82) is 0 Å². The van der Waals surface area contributed by atoms with Crippen LogP contribution in [0.3, 0.4) is 0 Å². The normalized spacial score (nSPS) is 15.0. The molecule has 12 heteroatoms. The maximum absolute atomic E-state index is 13.4. The van der Waals surface area contributed by atoms with Crippen LogP contribution in [-0.4, -0.2) is 79.4 Å². The largest absolute Gasteiger partial charge is 0.379 e. The summed E-state index contributed by atoms with van der Waals surface area (Å²) in [5.41, 5.74) is 1.20. The fourth-order valence-electron chi connectivity index (χ4n) is 3.74. The zero-order valence-corrected chi connectivity index (χ0v) is 21.0. The lowest BCUT2D eigenvalue weighted by Gasteiger charge is -2.29. The van der Waals surface area contributed by atoms with Crippen LogP contribution in [0.15, 0.2) is 34.2 Å². The number of hydrogen-bond donors (Lipinski definition) is 0. The average Bonchev–Trinajstić information content (AvgIpc) is 3.23. The number of nitrogens with zero attached hydrogens (tertiary/aromatic N) is 5. The molecular weight excluding hydrogens is 478 g/mol. The molecule has 3 aromatic rings. The van der Waals surface area contributed by atoms with Crippen molar-refractivity contribution in [3.8, 4) is 0 Å². The third-order valence-corrected chi connectivity index (χ3v) is 8.04. The van der Waals surface area contributed by atoms with Crippen molar-refractivity contribution in [2.45, 2.75) is 25.3 Å². The van der Waals surface area contributed by atoms with Crippen molar-refractivity contribution < 1.29 is 17.9 Å². The summed E-state index contributed by atoms with van der Waals surface area (Å²) in [6.07, 6.45) is 2.52. The minimum absolute atomic E-state index is 0.127. The van der Waals surface area contributed by atoms with Gasteiger partial charge >= 0.3 is 0 Å². The molecule has 0 saturated carbocycles. The number of carbonyl (C=O) groups is 1. The minimum atomic E-state index is -3.49. The Labute approximate surface area is 201 Å². The van der Waals surface area contributed by atoms with Gasteiger partial charge in [0.1, 0.15) is 12.1 Å². The first-order valence-electron chi connectivity index (χ1n) is 10.9. The first-order valence-corrected chi connectivity index (χ1v) is 13.6. The van der Waals surface area contributed by atoms with Gasteiger partial charge in [-0.3, -0.25) is 24.0 Å². The summed E-state index contributed by atoms with van der Waals surface area (Å²) in [4.78, 5) is 38.7. The Bertz CT molecular complexity index is 1380. The molecule has 10 nitrogen and oxygen atoms in total. The second kappa shape index (κ2) is 9.90. The van der Waals surface area contributed by atoms with Gasteiger partial charge in [-0.1, -0.05) is 17.4 Å². The number of amides is 1. The Balaban J connectivity index is 1.68. The minimum Gasteiger partial charge on any atom is -0.379 e. The molecular formula is C22H27N5O5S2. The van der Waals surface area contributed by atoms with Crippen molar-refractivity contribution in [3.05, 3.63) is 46.1 Å². The van der Waals surface area contributed by atoms with Crippen LogP contribution in [0.1, 0.15) is 11.3 Å². The van der Waals surface area contributed by atoms with E-state index in [1.165, 1.54) is 33.2 Å². The van der Waals surface area contributed by atoms with Gasteiger partial charge in [-0.15, -0.1) is 0 Å². The second-order valence-electron chi connectivity index (χ2n) is 8.26. The highest BCUT2D eigenvalue weighted by atomic mass is 32.2. The number of ether oxygens (including phenoxy) is 1. The van der Waals surface area contributed by atoms with E-state index >= 15 is 0 Å². The van der Waals surface area contributed by atoms with E-state index < -0.39 is 9.84 Å². The summed E-state index contributed by atoms with van der Waals surface area (Å²) >= 11 is 1.25. The topological polar surface area (TPSA) is 115 Å². The Hall–Kier alpha value is -2.67. The van der Waals surface area contributed by atoms with Crippen molar-refractivity contribution in [1.82, 2.24) is 19.4 Å². The number of hydrogen-bond acceptors (Lipinski definition) is 9. The summed E-state index contributed by atoms with van der Waals surface area (Å²) < 4.78 is 31.9. The first kappa shape index (κ1) is 24.5. The van der Waals surface area contributed by atoms with Crippen LogP contribution in [0.25, 0.3) is 10.2 Å². The molecule has 0 aliphatic carbocycles. The maximum atomic E-state index is 13.4. The van der Waals surface area contributed by atoms with Crippen LogP contribution in [0, 0.1) is 13.8 Å². The highest BCUT2D eigenvalue weighted by Crippen LogP contribution is 2.32. The molecule has 1 fully saturated rings. The molecule has 1 amide bonds. The quantitative estimate of drug-likeness (QED) is 0.471. The van der Waals surface area contributed by atoms with E-state index in [1.54, 1.807) is 26.0 Å². The van der Waals surface area contributed by atoms with Gasteiger partial charge in [0, 0.05) is 43.7 Å². The summed E-state index contributed by atoms with van der Waals surface area (Å²) in [7, 11) is -3.49. The van der Waals surface area contributed by atoms with Gasteiger partial charge in [-0.25, -0.2) is 18.4 Å². The third kappa shape index (κ3) is 5.19. The van der Waals surface area contributed by atoms with Crippen molar-refractivity contribution >= 4 is 42.4 Å². The number of rotatable bonds is 7. The van der Waals surface area contributed by atoms with Gasteiger partial charge < -0.3 is 4.74 Å². The van der Waals surface area contributed by atoms with E-state index in [4.69, 9.17) is 4.74 Å². The fourth-order valence-corrected chi connectivity index (χ4v) is 5.67. The van der Waals surface area contributed by atoms with Gasteiger partial charge in [0.05, 0.1) is 29.1 Å². The zero-order chi connectivity index (χ0) is 24.5. The predicted octanol–water partition coefficient (Wildman–Crippen LogP) is 1.24. The molecule has 2 aromatic heterocycles. The standard InChI is InChI=1S/C22H27N5O5S2/c1-15-16(2)23-14-26(21(15)29)13-19(28)27(8-7-25-9-11-32-12-10-25)22-24-20-17(33-22)5-4-6-18(20)34(3,30)31/h4-6,14H,7-13H2,1-3H3. The molecule has 1 aliphatic heterocycles. The number of aromatic nitrogens is 3. The van der Waals surface area contributed by atoms with Gasteiger partial charge in [-0.05, 0) is 26.0 Å². The molecule has 1 aliphatic rings. The molecule has 0 unspecified atom stereocenters. The van der Waals surface area contributed by atoms with Gasteiger partial charge in [0.2, 0.25) is 5.91 Å². The maximum Gasteiger partial charge on any atom is 0.256 e. The Morgan fingerprint density at radius 3 is 2.68 bits per heavy atom. The summed E-state index contributed by atoms with van der Waals surface area (Å²) in [5, 5.41) is 0.397. The highest BCUT2D eigenvalue weighted by molar-refractivity contribution is 7.91. The van der Waals surface area contributed by atoms with Gasteiger partial charge in [-0.2, -0.15) is 0 Å². The molecule has 0 radical (unpaired) electrons. The summed E-state index contributed by atoms with van der Waals surface area (Å²) in [5.74, 6) is -0.319. The number of benzene rings is 1. The number of anilines is 1. The van der Waals surface area contributed by atoms with E-state index in [0.717, 1.165) is 19.3 Å². The lowest BCUT2D eigenvalue weighted by Crippen LogP contribution is -2.44. The van der Waals surface area contributed by atoms with Crippen molar-refractivity contribution in [3.63, 3.8) is 0 Å². The van der Waals surface area contributed by atoms with Crippen LogP contribution in [0.4, 0.5) is 5.13 Å². The zero-order valence-electron chi connectivity index (χ0n) is 19.4. The van der Waals surface area contributed by atoms with E-state index in [-0.39, 0.29) is 22.9 Å². The van der Waals surface area contributed by atoms with Crippen LogP contribution in [0.2, 0.25) is 0 Å². The monoisotopic (exact) mass is 505 g/mol. The Morgan fingerprint density at radius 1 is 1.24 bits per heavy atom. The average molecular weight is 506 g/mol. The number of morpholine rings is 1. The first-order chi connectivity index (χ1) is 16.1. The van der Waals surface area contributed by atoms with Crippen molar-refractivity contribution in [2.75, 3.05) is 50.5 Å². The summed E-state index contributed by atoms with van der Waals surface area (Å²) in [6, 6.07) is 4.97. The van der Waals surface area contributed by atoms with E-state index in [0.29, 0.717) is 52.9 Å². The number of aryl methyl sites for hydroxylation is 1. The molecule has 1 aromatic carbocycles. The second-order valence-corrected chi connectivity index (χ2v) is 11.3. The number of carbonyl (C=O) groups excluding carboxylic acids is 1. The van der Waals surface area contributed by atoms with Gasteiger partial charge in [0.15, 0.2) is 15.0 Å². The molecule has 0 spiro atoms. The Morgan fingerprint density at radius 2 is 1.97 bits per heavy atom.